The maximum Gasteiger partial charge on any atom is 0.251 e. The van der Waals surface area contributed by atoms with Crippen LogP contribution in [0.1, 0.15) is 34.4 Å². The Morgan fingerprint density at radius 3 is 2.35 bits per heavy atom. The lowest BCUT2D eigenvalue weighted by molar-refractivity contribution is 0.0915. The SMILES string of the molecule is CC(C)(CN)NC(=O)c1ccc(C2SCCS2)cc1.Cl. The van der Waals surface area contributed by atoms with Crippen LogP contribution in [0, 0.1) is 0 Å². The summed E-state index contributed by atoms with van der Waals surface area (Å²) in [5.41, 5.74) is 7.24. The molecule has 112 valence electrons. The number of amides is 1. The van der Waals surface area contributed by atoms with Gasteiger partial charge in [-0.2, -0.15) is 0 Å². The lowest BCUT2D eigenvalue weighted by atomic mass is 10.0. The van der Waals surface area contributed by atoms with Gasteiger partial charge in [0.1, 0.15) is 0 Å². The second-order valence-corrected chi connectivity index (χ2v) is 7.96. The maximum absolute atomic E-state index is 12.1. The van der Waals surface area contributed by atoms with Crippen molar-refractivity contribution in [1.82, 2.24) is 5.32 Å². The predicted octanol–water partition coefficient (Wildman–Crippen LogP) is 3.05. The number of thioether (sulfide) groups is 2. The summed E-state index contributed by atoms with van der Waals surface area (Å²) in [6, 6.07) is 7.91. The van der Waals surface area contributed by atoms with Crippen LogP contribution in [0.3, 0.4) is 0 Å². The first-order chi connectivity index (χ1) is 9.02. The molecule has 2 rings (SSSR count). The molecule has 0 spiro atoms. The third-order valence-corrected chi connectivity index (χ3v) is 6.13. The number of halogens is 1. The lowest BCUT2D eigenvalue weighted by Crippen LogP contribution is -2.48. The molecule has 1 aliphatic rings. The Balaban J connectivity index is 0.00000200. The van der Waals surface area contributed by atoms with Gasteiger partial charge in [-0.05, 0) is 31.5 Å². The summed E-state index contributed by atoms with van der Waals surface area (Å²) in [5, 5.41) is 2.94. The van der Waals surface area contributed by atoms with Crippen LogP contribution in [-0.2, 0) is 0 Å². The Hall–Kier alpha value is -0.360. The summed E-state index contributed by atoms with van der Waals surface area (Å²) in [6.07, 6.45) is 0. The molecule has 0 bridgehead atoms. The molecular weight excluding hydrogens is 312 g/mol. The Bertz CT molecular complexity index is 445. The van der Waals surface area contributed by atoms with E-state index in [0.717, 1.165) is 0 Å². The first-order valence-corrected chi connectivity index (χ1v) is 8.47. The Morgan fingerprint density at radius 2 is 1.85 bits per heavy atom. The molecule has 0 radical (unpaired) electrons. The van der Waals surface area contributed by atoms with Gasteiger partial charge in [0.2, 0.25) is 0 Å². The first-order valence-electron chi connectivity index (χ1n) is 6.37. The summed E-state index contributed by atoms with van der Waals surface area (Å²) >= 11 is 3.94. The van der Waals surface area contributed by atoms with Crippen molar-refractivity contribution in [3.05, 3.63) is 35.4 Å². The molecule has 1 saturated heterocycles. The van der Waals surface area contributed by atoms with Gasteiger partial charge in [0, 0.05) is 29.2 Å². The fourth-order valence-corrected chi connectivity index (χ4v) is 4.63. The number of nitrogens with two attached hydrogens (primary N) is 1. The highest BCUT2D eigenvalue weighted by Gasteiger charge is 2.21. The van der Waals surface area contributed by atoms with Crippen LogP contribution < -0.4 is 11.1 Å². The van der Waals surface area contributed by atoms with Crippen molar-refractivity contribution in [1.29, 1.82) is 0 Å². The minimum Gasteiger partial charge on any atom is -0.346 e. The molecular formula is C14H21ClN2OS2. The number of benzene rings is 1. The van der Waals surface area contributed by atoms with Crippen molar-refractivity contribution in [3.8, 4) is 0 Å². The highest BCUT2D eigenvalue weighted by atomic mass is 35.5. The van der Waals surface area contributed by atoms with E-state index in [1.54, 1.807) is 0 Å². The van der Waals surface area contributed by atoms with Gasteiger partial charge in [-0.1, -0.05) is 12.1 Å². The second-order valence-electron chi connectivity index (χ2n) is 5.24. The highest BCUT2D eigenvalue weighted by molar-refractivity contribution is 8.19. The minimum atomic E-state index is -0.368. The normalized spacial score (nSPS) is 15.8. The summed E-state index contributed by atoms with van der Waals surface area (Å²) in [7, 11) is 0. The van der Waals surface area contributed by atoms with E-state index in [1.807, 2.05) is 49.5 Å². The van der Waals surface area contributed by atoms with Crippen molar-refractivity contribution in [3.63, 3.8) is 0 Å². The van der Waals surface area contributed by atoms with E-state index in [4.69, 9.17) is 5.73 Å². The summed E-state index contributed by atoms with van der Waals surface area (Å²) in [5.74, 6) is 2.36. The molecule has 1 aromatic carbocycles. The molecule has 1 amide bonds. The van der Waals surface area contributed by atoms with E-state index in [2.05, 4.69) is 17.4 Å². The molecule has 1 aromatic rings. The molecule has 0 unspecified atom stereocenters. The quantitative estimate of drug-likeness (QED) is 0.889. The predicted molar refractivity (Wildman–Crippen MR) is 91.9 cm³/mol. The molecule has 0 aliphatic carbocycles. The topological polar surface area (TPSA) is 55.1 Å². The molecule has 3 N–H and O–H groups in total. The summed E-state index contributed by atoms with van der Waals surface area (Å²) < 4.78 is 0.526. The molecule has 3 nitrogen and oxygen atoms in total. The fraction of sp³-hybridized carbons (Fsp3) is 0.500. The van der Waals surface area contributed by atoms with Crippen molar-refractivity contribution in [2.75, 3.05) is 18.1 Å². The molecule has 1 fully saturated rings. The number of hydrogen-bond acceptors (Lipinski definition) is 4. The standard InChI is InChI=1S/C14H20N2OS2.ClH/c1-14(2,9-15)16-12(17)10-3-5-11(6-4-10)13-18-7-8-19-13;/h3-6,13H,7-9,15H2,1-2H3,(H,16,17);1H. The molecule has 20 heavy (non-hydrogen) atoms. The van der Waals surface area contributed by atoms with Gasteiger partial charge in [0.05, 0.1) is 4.58 Å². The van der Waals surface area contributed by atoms with Crippen LogP contribution >= 0.6 is 35.9 Å². The van der Waals surface area contributed by atoms with Crippen LogP contribution in [0.5, 0.6) is 0 Å². The fourth-order valence-electron chi connectivity index (χ4n) is 1.77. The van der Waals surface area contributed by atoms with Crippen LogP contribution in [0.25, 0.3) is 0 Å². The Labute approximate surface area is 135 Å². The van der Waals surface area contributed by atoms with E-state index >= 15 is 0 Å². The average molecular weight is 333 g/mol. The summed E-state index contributed by atoms with van der Waals surface area (Å²) in [6.45, 7) is 4.27. The smallest absolute Gasteiger partial charge is 0.251 e. The molecule has 1 heterocycles. The number of carbonyl (C=O) groups excluding carboxylic acids is 1. The van der Waals surface area contributed by atoms with Crippen molar-refractivity contribution < 1.29 is 4.79 Å². The van der Waals surface area contributed by atoms with E-state index < -0.39 is 0 Å². The molecule has 0 atom stereocenters. The molecule has 1 aliphatic heterocycles. The number of nitrogens with one attached hydrogen (secondary N) is 1. The van der Waals surface area contributed by atoms with Gasteiger partial charge in [0.25, 0.3) is 5.91 Å². The van der Waals surface area contributed by atoms with Crippen molar-refractivity contribution in [2.24, 2.45) is 5.73 Å². The Kier molecular flexibility index (Phi) is 6.72. The van der Waals surface area contributed by atoms with Crippen molar-refractivity contribution >= 4 is 41.8 Å². The van der Waals surface area contributed by atoms with Gasteiger partial charge < -0.3 is 11.1 Å². The van der Waals surface area contributed by atoms with Crippen LogP contribution in [-0.4, -0.2) is 29.5 Å². The van der Waals surface area contributed by atoms with Gasteiger partial charge in [-0.15, -0.1) is 35.9 Å². The third-order valence-electron chi connectivity index (χ3n) is 3.03. The van der Waals surface area contributed by atoms with Gasteiger partial charge in [-0.3, -0.25) is 4.79 Å². The number of rotatable bonds is 4. The average Bonchev–Trinajstić information content (AvgIpc) is 2.92. The zero-order valence-corrected chi connectivity index (χ0v) is 14.2. The zero-order valence-electron chi connectivity index (χ0n) is 11.7. The zero-order chi connectivity index (χ0) is 13.9. The molecule has 0 saturated carbocycles. The molecule has 0 aromatic heterocycles. The van der Waals surface area contributed by atoms with E-state index in [0.29, 0.717) is 16.7 Å². The van der Waals surface area contributed by atoms with Crippen LogP contribution in [0.2, 0.25) is 0 Å². The third kappa shape index (κ3) is 4.58. The first kappa shape index (κ1) is 17.7. The highest BCUT2D eigenvalue weighted by Crippen LogP contribution is 2.45. The lowest BCUT2D eigenvalue weighted by Gasteiger charge is -2.24. The van der Waals surface area contributed by atoms with Crippen LogP contribution in [0.4, 0.5) is 0 Å². The Morgan fingerprint density at radius 1 is 1.30 bits per heavy atom. The second kappa shape index (κ2) is 7.59. The van der Waals surface area contributed by atoms with E-state index in [9.17, 15) is 4.79 Å². The van der Waals surface area contributed by atoms with Crippen molar-refractivity contribution in [2.45, 2.75) is 24.0 Å². The maximum atomic E-state index is 12.1. The summed E-state index contributed by atoms with van der Waals surface area (Å²) in [4.78, 5) is 12.1. The van der Waals surface area contributed by atoms with Crippen LogP contribution in [0.15, 0.2) is 24.3 Å². The van der Waals surface area contributed by atoms with Gasteiger partial charge in [-0.25, -0.2) is 0 Å². The van der Waals surface area contributed by atoms with E-state index in [-0.39, 0.29) is 23.9 Å². The van der Waals surface area contributed by atoms with Gasteiger partial charge in [0.15, 0.2) is 0 Å². The number of carbonyl (C=O) groups is 1. The van der Waals surface area contributed by atoms with E-state index in [1.165, 1.54) is 17.1 Å². The minimum absolute atomic E-state index is 0. The monoisotopic (exact) mass is 332 g/mol. The van der Waals surface area contributed by atoms with Gasteiger partial charge >= 0.3 is 0 Å². The number of hydrogen-bond donors (Lipinski definition) is 2. The largest absolute Gasteiger partial charge is 0.346 e. The molecule has 6 heteroatoms.